The van der Waals surface area contributed by atoms with Crippen LogP contribution >= 0.6 is 0 Å². The van der Waals surface area contributed by atoms with Gasteiger partial charge in [-0.05, 0) is 19.9 Å². The predicted molar refractivity (Wildman–Crippen MR) is 88.0 cm³/mol. The van der Waals surface area contributed by atoms with Gasteiger partial charge >= 0.3 is 0 Å². The van der Waals surface area contributed by atoms with Gasteiger partial charge in [-0.2, -0.15) is 0 Å². The average molecular weight is 345 g/mol. The first-order chi connectivity index (χ1) is 11.8. The second-order valence-corrected chi connectivity index (χ2v) is 5.67. The van der Waals surface area contributed by atoms with Crippen molar-refractivity contribution in [3.05, 3.63) is 77.1 Å². The molecule has 0 fully saturated rings. The standard InChI is InChI=1S/C15H15N5O5/c1-6-11(14(22)18-16-6)13(12-7(2)17-19-15(12)23)9-4-3-8(20(24)25)5-10(9)21/h3-5,13,21H,1-2H3,(H2,16,18,22)(H2,17,19,23). The zero-order valence-corrected chi connectivity index (χ0v) is 13.3. The summed E-state index contributed by atoms with van der Waals surface area (Å²) < 4.78 is 0. The fourth-order valence-electron chi connectivity index (χ4n) is 2.95. The second-order valence-electron chi connectivity index (χ2n) is 5.67. The maximum atomic E-state index is 12.3. The molecule has 0 atom stereocenters. The van der Waals surface area contributed by atoms with E-state index in [0.29, 0.717) is 11.4 Å². The number of non-ortho nitro benzene ring substituents is 1. The van der Waals surface area contributed by atoms with E-state index in [9.17, 15) is 24.8 Å². The number of aromatic hydroxyl groups is 1. The van der Waals surface area contributed by atoms with Crippen LogP contribution in [0.4, 0.5) is 5.69 Å². The fraction of sp³-hybridized carbons (Fsp3) is 0.200. The van der Waals surface area contributed by atoms with Gasteiger partial charge in [-0.15, -0.1) is 0 Å². The van der Waals surface area contributed by atoms with Crippen molar-refractivity contribution in [3.63, 3.8) is 0 Å². The van der Waals surface area contributed by atoms with Crippen LogP contribution in [0.15, 0.2) is 27.8 Å². The molecule has 3 rings (SSSR count). The Morgan fingerprint density at radius 3 is 1.88 bits per heavy atom. The summed E-state index contributed by atoms with van der Waals surface area (Å²) in [6.07, 6.45) is 0. The van der Waals surface area contributed by atoms with Crippen LogP contribution in [-0.2, 0) is 0 Å². The highest BCUT2D eigenvalue weighted by Crippen LogP contribution is 2.37. The van der Waals surface area contributed by atoms with Gasteiger partial charge in [0, 0.05) is 23.0 Å². The monoisotopic (exact) mass is 345 g/mol. The molecule has 0 unspecified atom stereocenters. The van der Waals surface area contributed by atoms with Crippen LogP contribution in [0.2, 0.25) is 0 Å². The van der Waals surface area contributed by atoms with Crippen LogP contribution in [0.3, 0.4) is 0 Å². The molecule has 0 saturated carbocycles. The normalized spacial score (nSPS) is 11.2. The molecule has 0 amide bonds. The molecule has 10 heteroatoms. The number of aryl methyl sites for hydroxylation is 2. The molecular formula is C15H15N5O5. The number of nitro groups is 1. The van der Waals surface area contributed by atoms with Gasteiger partial charge in [-0.25, -0.2) is 0 Å². The topological polar surface area (TPSA) is 161 Å². The van der Waals surface area contributed by atoms with Gasteiger partial charge in [-0.3, -0.25) is 29.9 Å². The number of phenols is 1. The van der Waals surface area contributed by atoms with Crippen molar-refractivity contribution in [2.24, 2.45) is 0 Å². The highest BCUT2D eigenvalue weighted by Gasteiger charge is 2.30. The minimum atomic E-state index is -0.897. The molecule has 0 aliphatic heterocycles. The second kappa shape index (κ2) is 5.82. The van der Waals surface area contributed by atoms with Crippen LogP contribution in [-0.4, -0.2) is 30.4 Å². The third-order valence-electron chi connectivity index (χ3n) is 4.14. The average Bonchev–Trinajstić information content (AvgIpc) is 3.06. The Labute approximate surface area is 139 Å². The van der Waals surface area contributed by atoms with Crippen molar-refractivity contribution in [2.45, 2.75) is 19.8 Å². The highest BCUT2D eigenvalue weighted by atomic mass is 16.6. The molecule has 1 aromatic carbocycles. The number of benzene rings is 1. The molecule has 0 aliphatic rings. The summed E-state index contributed by atoms with van der Waals surface area (Å²) >= 11 is 0. The zero-order valence-electron chi connectivity index (χ0n) is 13.3. The molecule has 25 heavy (non-hydrogen) atoms. The largest absolute Gasteiger partial charge is 0.507 e. The van der Waals surface area contributed by atoms with Crippen LogP contribution in [0.5, 0.6) is 5.75 Å². The number of hydrogen-bond donors (Lipinski definition) is 5. The SMILES string of the molecule is Cc1[nH][nH]c(=O)c1C(c1ccc([N+](=O)[O-])cc1O)c1c(C)[nH][nH]c1=O. The lowest BCUT2D eigenvalue weighted by Crippen LogP contribution is -2.20. The van der Waals surface area contributed by atoms with Gasteiger partial charge in [0.15, 0.2) is 0 Å². The molecule has 0 saturated heterocycles. The molecule has 0 radical (unpaired) electrons. The van der Waals surface area contributed by atoms with Crippen molar-refractivity contribution in [1.29, 1.82) is 0 Å². The minimum Gasteiger partial charge on any atom is -0.507 e. The van der Waals surface area contributed by atoms with Gasteiger partial charge in [-0.1, -0.05) is 0 Å². The Morgan fingerprint density at radius 1 is 1.00 bits per heavy atom. The van der Waals surface area contributed by atoms with E-state index in [0.717, 1.165) is 6.07 Å². The summed E-state index contributed by atoms with van der Waals surface area (Å²) in [5.74, 6) is -1.27. The van der Waals surface area contributed by atoms with Crippen LogP contribution in [0.1, 0.15) is 34.0 Å². The van der Waals surface area contributed by atoms with E-state index in [4.69, 9.17) is 0 Å². The molecule has 2 heterocycles. The highest BCUT2D eigenvalue weighted by molar-refractivity contribution is 5.53. The molecule has 10 nitrogen and oxygen atoms in total. The van der Waals surface area contributed by atoms with Crippen molar-refractivity contribution in [3.8, 4) is 5.75 Å². The molecule has 0 spiro atoms. The Morgan fingerprint density at radius 2 is 1.52 bits per heavy atom. The number of hydrogen-bond acceptors (Lipinski definition) is 5. The number of aromatic amines is 4. The molecule has 5 N–H and O–H groups in total. The number of phenolic OH excluding ortho intramolecular Hbond substituents is 1. The van der Waals surface area contributed by atoms with Crippen LogP contribution in [0.25, 0.3) is 0 Å². The molecule has 3 aromatic rings. The predicted octanol–water partition coefficient (Wildman–Crippen LogP) is 1.13. The summed E-state index contributed by atoms with van der Waals surface area (Å²) in [4.78, 5) is 34.8. The van der Waals surface area contributed by atoms with Crippen molar-refractivity contribution >= 4 is 5.69 Å². The number of rotatable bonds is 4. The first-order valence-corrected chi connectivity index (χ1v) is 7.32. The van der Waals surface area contributed by atoms with Crippen molar-refractivity contribution in [1.82, 2.24) is 20.4 Å². The van der Waals surface area contributed by atoms with E-state index in [1.165, 1.54) is 12.1 Å². The van der Waals surface area contributed by atoms with E-state index >= 15 is 0 Å². The van der Waals surface area contributed by atoms with E-state index in [-0.39, 0.29) is 28.1 Å². The summed E-state index contributed by atoms with van der Waals surface area (Å²) in [6.45, 7) is 3.30. The first-order valence-electron chi connectivity index (χ1n) is 7.32. The Hall–Kier alpha value is -3.56. The lowest BCUT2D eigenvalue weighted by atomic mass is 9.84. The smallest absolute Gasteiger partial charge is 0.273 e. The number of H-pyrrole nitrogens is 4. The van der Waals surface area contributed by atoms with E-state index < -0.39 is 22.0 Å². The number of aromatic nitrogens is 4. The minimum absolute atomic E-state index is 0.215. The molecule has 130 valence electrons. The zero-order chi connectivity index (χ0) is 18.3. The number of nitrogens with one attached hydrogen (secondary N) is 4. The van der Waals surface area contributed by atoms with Gasteiger partial charge in [0.1, 0.15) is 5.75 Å². The Kier molecular flexibility index (Phi) is 3.79. The van der Waals surface area contributed by atoms with E-state index in [1.54, 1.807) is 13.8 Å². The lowest BCUT2D eigenvalue weighted by molar-refractivity contribution is -0.384. The fourth-order valence-corrected chi connectivity index (χ4v) is 2.95. The van der Waals surface area contributed by atoms with Gasteiger partial charge in [0.25, 0.3) is 16.8 Å². The van der Waals surface area contributed by atoms with E-state index in [2.05, 4.69) is 20.4 Å². The van der Waals surface area contributed by atoms with Crippen LogP contribution in [0, 0.1) is 24.0 Å². The molecular weight excluding hydrogens is 330 g/mol. The van der Waals surface area contributed by atoms with Gasteiger partial charge < -0.3 is 15.3 Å². The third kappa shape index (κ3) is 2.63. The first kappa shape index (κ1) is 16.3. The quantitative estimate of drug-likeness (QED) is 0.353. The Bertz CT molecular complexity index is 1020. The summed E-state index contributed by atoms with van der Waals surface area (Å²) in [5, 5.41) is 31.5. The van der Waals surface area contributed by atoms with E-state index in [1.807, 2.05) is 0 Å². The maximum absolute atomic E-state index is 12.3. The van der Waals surface area contributed by atoms with Crippen molar-refractivity contribution < 1.29 is 10.0 Å². The molecule has 0 bridgehead atoms. The van der Waals surface area contributed by atoms with Gasteiger partial charge in [0.05, 0.1) is 28.0 Å². The summed E-state index contributed by atoms with van der Waals surface area (Å²) in [6, 6.07) is 3.55. The lowest BCUT2D eigenvalue weighted by Gasteiger charge is -2.17. The number of nitro benzene ring substituents is 1. The summed E-state index contributed by atoms with van der Waals surface area (Å²) in [7, 11) is 0. The maximum Gasteiger partial charge on any atom is 0.273 e. The van der Waals surface area contributed by atoms with Gasteiger partial charge in [0.2, 0.25) is 0 Å². The number of nitrogens with zero attached hydrogens (tertiary/aromatic N) is 1. The third-order valence-corrected chi connectivity index (χ3v) is 4.14. The van der Waals surface area contributed by atoms with Crippen LogP contribution < -0.4 is 11.1 Å². The molecule has 2 aromatic heterocycles. The Balaban J connectivity index is 2.32. The van der Waals surface area contributed by atoms with Crippen molar-refractivity contribution in [2.75, 3.05) is 0 Å². The summed E-state index contributed by atoms with van der Waals surface area (Å²) in [5.41, 5.74) is 0.516. The molecule has 0 aliphatic carbocycles.